The zero-order valence-corrected chi connectivity index (χ0v) is 19.1. The number of hydrogen-bond acceptors (Lipinski definition) is 7. The molecule has 0 rings (SSSR count). The second-order valence-corrected chi connectivity index (χ2v) is 8.65. The van der Waals surface area contributed by atoms with Gasteiger partial charge in [-0.05, 0) is 31.6 Å². The van der Waals surface area contributed by atoms with Gasteiger partial charge in [0.25, 0.3) is 0 Å². The van der Waals surface area contributed by atoms with Crippen molar-refractivity contribution >= 4 is 29.7 Å². The third-order valence-electron chi connectivity index (χ3n) is 4.46. The molecule has 8 N–H and O–H groups in total. The monoisotopic (exact) mass is 460 g/mol. The summed E-state index contributed by atoms with van der Waals surface area (Å²) in [7, 11) is 0. The van der Waals surface area contributed by atoms with Crippen LogP contribution >= 0.6 is 0 Å². The van der Waals surface area contributed by atoms with Crippen LogP contribution in [0.1, 0.15) is 53.9 Å². The summed E-state index contributed by atoms with van der Waals surface area (Å²) in [6, 6.07) is -5.26. The smallest absolute Gasteiger partial charge is 0.328 e. The highest BCUT2D eigenvalue weighted by molar-refractivity contribution is 5.95. The second kappa shape index (κ2) is 13.6. The number of carboxylic acids is 2. The minimum atomic E-state index is -1.70. The van der Waals surface area contributed by atoms with E-state index in [1.54, 1.807) is 0 Å². The molecule has 0 bridgehead atoms. The fourth-order valence-corrected chi connectivity index (χ4v) is 2.90. The maximum Gasteiger partial charge on any atom is 0.328 e. The number of aliphatic hydroxyl groups excluding tert-OH is 1. The van der Waals surface area contributed by atoms with E-state index in [-0.39, 0.29) is 18.3 Å². The number of hydrogen-bond donors (Lipinski definition) is 7. The third-order valence-corrected chi connectivity index (χ3v) is 4.46. The number of carboxylic acid groups (broad SMARTS) is 2. The Balaban J connectivity index is 5.51. The van der Waals surface area contributed by atoms with Crippen molar-refractivity contribution in [3.63, 3.8) is 0 Å². The number of carbonyl (C=O) groups excluding carboxylic acids is 3. The molecule has 0 fully saturated rings. The maximum absolute atomic E-state index is 12.8. The predicted octanol–water partition coefficient (Wildman–Crippen LogP) is -1.20. The average molecular weight is 461 g/mol. The first-order chi connectivity index (χ1) is 14.6. The highest BCUT2D eigenvalue weighted by Gasteiger charge is 2.33. The van der Waals surface area contributed by atoms with Gasteiger partial charge < -0.3 is 37.0 Å². The minimum absolute atomic E-state index is 0.0363. The molecule has 0 radical (unpaired) electrons. The number of rotatable bonds is 14. The van der Waals surface area contributed by atoms with Gasteiger partial charge in [0, 0.05) is 0 Å². The molecule has 12 nitrogen and oxygen atoms in total. The van der Waals surface area contributed by atoms with Crippen LogP contribution < -0.4 is 21.7 Å². The average Bonchev–Trinajstić information content (AvgIpc) is 2.62. The maximum atomic E-state index is 12.8. The number of aliphatic hydroxyl groups is 1. The van der Waals surface area contributed by atoms with Crippen molar-refractivity contribution in [2.75, 3.05) is 0 Å². The summed E-state index contributed by atoms with van der Waals surface area (Å²) < 4.78 is 0. The highest BCUT2D eigenvalue weighted by Crippen LogP contribution is 2.09. The number of nitrogens with two attached hydrogens (primary N) is 1. The van der Waals surface area contributed by atoms with E-state index in [2.05, 4.69) is 10.6 Å². The summed E-state index contributed by atoms with van der Waals surface area (Å²) in [5.74, 6) is -5.30. The molecule has 0 aliphatic rings. The normalized spacial score (nSPS) is 15.9. The lowest BCUT2D eigenvalue weighted by Gasteiger charge is -2.26. The van der Waals surface area contributed by atoms with Crippen LogP contribution in [-0.4, -0.2) is 75.3 Å². The molecule has 0 aromatic carbocycles. The van der Waals surface area contributed by atoms with Crippen molar-refractivity contribution in [3.05, 3.63) is 0 Å². The van der Waals surface area contributed by atoms with Gasteiger partial charge in [-0.1, -0.05) is 27.7 Å². The van der Waals surface area contributed by atoms with Crippen molar-refractivity contribution < 1.29 is 39.3 Å². The molecule has 0 aliphatic carbocycles. The van der Waals surface area contributed by atoms with Gasteiger partial charge in [-0.3, -0.25) is 19.2 Å². The van der Waals surface area contributed by atoms with Gasteiger partial charge in [0.2, 0.25) is 17.7 Å². The van der Waals surface area contributed by atoms with Gasteiger partial charge in [0.15, 0.2) is 6.04 Å². The van der Waals surface area contributed by atoms with Crippen LogP contribution in [0.4, 0.5) is 0 Å². The van der Waals surface area contributed by atoms with E-state index in [0.717, 1.165) is 6.92 Å². The molecule has 3 amide bonds. The quantitative estimate of drug-likeness (QED) is 0.166. The van der Waals surface area contributed by atoms with E-state index in [9.17, 15) is 29.1 Å². The van der Waals surface area contributed by atoms with Crippen molar-refractivity contribution in [2.45, 2.75) is 84.2 Å². The molecule has 32 heavy (non-hydrogen) atoms. The molecular formula is C20H36N4O8. The standard InChI is InChI=1S/C20H36N4O8/c1-9(2)6-12(21)17(28)22-13(7-10(3)4)18(29)23-14(8-15(26)27)19(30)24-16(11(5)25)20(31)32/h9-14,16,25H,6-8,21H2,1-5H3,(H,22,28)(H,23,29)(H,24,30)(H,26,27)(H,31,32). The van der Waals surface area contributed by atoms with Crippen LogP contribution in [0.25, 0.3) is 0 Å². The SMILES string of the molecule is CC(C)CC(N)C(=O)NC(CC(C)C)C(=O)NC(CC(=O)O)C(=O)NC(C(=O)O)C(C)O. The molecule has 184 valence electrons. The highest BCUT2D eigenvalue weighted by atomic mass is 16.4. The van der Waals surface area contributed by atoms with Crippen molar-refractivity contribution in [3.8, 4) is 0 Å². The van der Waals surface area contributed by atoms with Crippen molar-refractivity contribution in [1.29, 1.82) is 0 Å². The summed E-state index contributed by atoms with van der Waals surface area (Å²) >= 11 is 0. The van der Waals surface area contributed by atoms with Gasteiger partial charge in [-0.15, -0.1) is 0 Å². The van der Waals surface area contributed by atoms with Crippen LogP contribution in [-0.2, 0) is 24.0 Å². The zero-order chi connectivity index (χ0) is 25.2. The molecule has 0 saturated carbocycles. The second-order valence-electron chi connectivity index (χ2n) is 8.65. The van der Waals surface area contributed by atoms with Crippen LogP contribution in [0.2, 0.25) is 0 Å². The Hall–Kier alpha value is -2.73. The molecule has 0 aromatic rings. The topological polar surface area (TPSA) is 208 Å². The van der Waals surface area contributed by atoms with Gasteiger partial charge >= 0.3 is 11.9 Å². The van der Waals surface area contributed by atoms with Crippen molar-refractivity contribution in [1.82, 2.24) is 16.0 Å². The molecule has 12 heteroatoms. The molecule has 0 aromatic heterocycles. The summed E-state index contributed by atoms with van der Waals surface area (Å²) in [5.41, 5.74) is 5.86. The van der Waals surface area contributed by atoms with Crippen LogP contribution in [0.3, 0.4) is 0 Å². The van der Waals surface area contributed by atoms with Gasteiger partial charge in [0.1, 0.15) is 12.1 Å². The Morgan fingerprint density at radius 3 is 1.62 bits per heavy atom. The Morgan fingerprint density at radius 1 is 0.750 bits per heavy atom. The summed E-state index contributed by atoms with van der Waals surface area (Å²) in [6.07, 6.45) is -1.72. The Kier molecular flexibility index (Phi) is 12.5. The van der Waals surface area contributed by atoms with E-state index in [1.165, 1.54) is 0 Å². The van der Waals surface area contributed by atoms with E-state index in [4.69, 9.17) is 15.9 Å². The summed E-state index contributed by atoms with van der Waals surface area (Å²) in [5, 5.41) is 34.5. The van der Waals surface area contributed by atoms with E-state index in [1.807, 2.05) is 33.0 Å². The Bertz CT molecular complexity index is 681. The number of aliphatic carboxylic acids is 2. The molecule has 0 spiro atoms. The Labute approximate surface area is 187 Å². The fraction of sp³-hybridized carbons (Fsp3) is 0.750. The zero-order valence-electron chi connectivity index (χ0n) is 19.1. The van der Waals surface area contributed by atoms with E-state index >= 15 is 0 Å². The third kappa shape index (κ3) is 11.0. The number of amides is 3. The Morgan fingerprint density at radius 2 is 1.22 bits per heavy atom. The first kappa shape index (κ1) is 29.3. The number of carbonyl (C=O) groups is 5. The van der Waals surface area contributed by atoms with E-state index in [0.29, 0.717) is 6.42 Å². The van der Waals surface area contributed by atoms with Gasteiger partial charge in [0.05, 0.1) is 18.6 Å². The molecule has 0 heterocycles. The van der Waals surface area contributed by atoms with Gasteiger partial charge in [-0.2, -0.15) is 0 Å². The lowest BCUT2D eigenvalue weighted by molar-refractivity contribution is -0.146. The van der Waals surface area contributed by atoms with Crippen LogP contribution in [0.15, 0.2) is 0 Å². The lowest BCUT2D eigenvalue weighted by Crippen LogP contribution is -2.58. The van der Waals surface area contributed by atoms with Crippen LogP contribution in [0, 0.1) is 11.8 Å². The first-order valence-electron chi connectivity index (χ1n) is 10.4. The van der Waals surface area contributed by atoms with Gasteiger partial charge in [-0.25, -0.2) is 4.79 Å². The number of nitrogens with one attached hydrogen (secondary N) is 3. The van der Waals surface area contributed by atoms with Crippen molar-refractivity contribution in [2.24, 2.45) is 17.6 Å². The molecule has 0 saturated heterocycles. The largest absolute Gasteiger partial charge is 0.481 e. The summed E-state index contributed by atoms with van der Waals surface area (Å²) in [6.45, 7) is 8.53. The first-order valence-corrected chi connectivity index (χ1v) is 10.4. The molecule has 5 atom stereocenters. The molecule has 5 unspecified atom stereocenters. The summed E-state index contributed by atoms with van der Waals surface area (Å²) in [4.78, 5) is 60.0. The van der Waals surface area contributed by atoms with Crippen LogP contribution in [0.5, 0.6) is 0 Å². The van der Waals surface area contributed by atoms with E-state index < -0.39 is 66.4 Å². The lowest BCUT2D eigenvalue weighted by atomic mass is 10.00. The predicted molar refractivity (Wildman–Crippen MR) is 114 cm³/mol. The molecular weight excluding hydrogens is 424 g/mol. The fourth-order valence-electron chi connectivity index (χ4n) is 2.90. The minimum Gasteiger partial charge on any atom is -0.481 e. The molecule has 0 aliphatic heterocycles.